The molecular weight excluding hydrogens is 386 g/mol. The average molecular weight is 405 g/mol. The number of nitrogens with one attached hydrogen (secondary N) is 1. The van der Waals surface area contributed by atoms with Gasteiger partial charge < -0.3 is 0 Å². The second-order valence-corrected chi connectivity index (χ2v) is 7.60. The summed E-state index contributed by atoms with van der Waals surface area (Å²) in [5.41, 5.74) is 7.68. The van der Waals surface area contributed by atoms with Gasteiger partial charge in [0.05, 0.1) is 29.0 Å². The fourth-order valence-corrected chi connectivity index (χ4v) is 4.02. The fourth-order valence-electron chi connectivity index (χ4n) is 4.02. The van der Waals surface area contributed by atoms with E-state index in [1.165, 1.54) is 0 Å². The predicted octanol–water partition coefficient (Wildman–Crippen LogP) is 4.53. The number of pyridine rings is 2. The monoisotopic (exact) mass is 405 g/mol. The van der Waals surface area contributed by atoms with Crippen molar-refractivity contribution in [2.24, 2.45) is 0 Å². The van der Waals surface area contributed by atoms with Crippen LogP contribution in [0.15, 0.2) is 66.9 Å². The van der Waals surface area contributed by atoms with Crippen molar-refractivity contribution in [3.05, 3.63) is 78.1 Å². The molecule has 0 spiro atoms. The molecule has 7 nitrogen and oxygen atoms in total. The lowest BCUT2D eigenvalue weighted by molar-refractivity contribution is 0.665. The summed E-state index contributed by atoms with van der Waals surface area (Å²) in [6.07, 6.45) is 2.71. The van der Waals surface area contributed by atoms with Gasteiger partial charge in [0, 0.05) is 22.5 Å². The van der Waals surface area contributed by atoms with E-state index in [0.717, 1.165) is 61.9 Å². The molecule has 0 saturated heterocycles. The minimum Gasteiger partial charge on any atom is -0.278 e. The molecule has 0 atom stereocenters. The van der Waals surface area contributed by atoms with Crippen LogP contribution in [0, 0.1) is 0 Å². The average Bonchev–Trinajstić information content (AvgIpc) is 3.42. The molecule has 0 aliphatic rings. The fraction of sp³-hybridized carbons (Fsp3) is 0.125. The van der Waals surface area contributed by atoms with Crippen LogP contribution in [-0.2, 0) is 13.0 Å². The lowest BCUT2D eigenvalue weighted by Crippen LogP contribution is -2.03. The van der Waals surface area contributed by atoms with Gasteiger partial charge in [-0.2, -0.15) is 5.10 Å². The van der Waals surface area contributed by atoms with Crippen molar-refractivity contribution in [1.29, 1.82) is 0 Å². The lowest BCUT2D eigenvalue weighted by atomic mass is 10.1. The number of rotatable bonds is 4. The third kappa shape index (κ3) is 3.02. The molecule has 0 unspecified atom stereocenters. The van der Waals surface area contributed by atoms with Crippen molar-refractivity contribution in [3.8, 4) is 11.3 Å². The van der Waals surface area contributed by atoms with Crippen LogP contribution in [0.25, 0.3) is 44.2 Å². The zero-order chi connectivity index (χ0) is 20.8. The van der Waals surface area contributed by atoms with E-state index in [0.29, 0.717) is 6.54 Å². The summed E-state index contributed by atoms with van der Waals surface area (Å²) in [5.74, 6) is 0. The zero-order valence-electron chi connectivity index (χ0n) is 16.9. The van der Waals surface area contributed by atoms with Crippen LogP contribution in [0.3, 0.4) is 0 Å². The molecule has 6 aromatic rings. The van der Waals surface area contributed by atoms with Gasteiger partial charge in [0.15, 0.2) is 5.65 Å². The molecule has 1 N–H and O–H groups in total. The summed E-state index contributed by atoms with van der Waals surface area (Å²) < 4.78 is 1.85. The number of hydrogen-bond acceptors (Lipinski definition) is 5. The maximum atomic E-state index is 4.89. The molecule has 6 rings (SSSR count). The topological polar surface area (TPSA) is 85.2 Å². The summed E-state index contributed by atoms with van der Waals surface area (Å²) in [7, 11) is 0. The summed E-state index contributed by atoms with van der Waals surface area (Å²) in [6.45, 7) is 2.70. The van der Waals surface area contributed by atoms with E-state index in [4.69, 9.17) is 4.98 Å². The second-order valence-electron chi connectivity index (χ2n) is 7.60. The number of nitrogens with zero attached hydrogens (tertiary/aromatic N) is 6. The van der Waals surface area contributed by atoms with E-state index in [2.05, 4.69) is 68.8 Å². The summed E-state index contributed by atoms with van der Waals surface area (Å²) in [5, 5.41) is 18.4. The van der Waals surface area contributed by atoms with Gasteiger partial charge >= 0.3 is 0 Å². The zero-order valence-corrected chi connectivity index (χ0v) is 16.9. The number of aromatic amines is 1. The molecule has 0 radical (unpaired) electrons. The number of aromatic nitrogens is 7. The molecule has 0 saturated carbocycles. The van der Waals surface area contributed by atoms with Gasteiger partial charge in [-0.15, -0.1) is 5.10 Å². The molecule has 0 aliphatic carbocycles. The largest absolute Gasteiger partial charge is 0.278 e. The minimum atomic E-state index is 0.594. The highest BCUT2D eigenvalue weighted by atomic mass is 15.4. The van der Waals surface area contributed by atoms with Crippen molar-refractivity contribution in [2.75, 3.05) is 0 Å². The summed E-state index contributed by atoms with van der Waals surface area (Å²) >= 11 is 0. The Morgan fingerprint density at radius 3 is 2.84 bits per heavy atom. The third-order valence-corrected chi connectivity index (χ3v) is 5.63. The number of aryl methyl sites for hydroxylation is 1. The van der Waals surface area contributed by atoms with E-state index in [1.807, 2.05) is 35.1 Å². The SMILES string of the molecule is CCc1n[nH]c2cc(-c3ccc4nnn(Cc5ccc6ncccc6c5)c4n3)ccc12. The van der Waals surface area contributed by atoms with Gasteiger partial charge in [-0.3, -0.25) is 10.1 Å². The Balaban J connectivity index is 1.39. The Bertz CT molecular complexity index is 1560. The van der Waals surface area contributed by atoms with Gasteiger partial charge in [0.1, 0.15) is 5.52 Å². The van der Waals surface area contributed by atoms with Gasteiger partial charge in [-0.25, -0.2) is 9.67 Å². The Morgan fingerprint density at radius 1 is 0.968 bits per heavy atom. The van der Waals surface area contributed by atoms with Gasteiger partial charge in [-0.1, -0.05) is 36.4 Å². The number of H-pyrrole nitrogens is 1. The standard InChI is InChI=1S/C24H19N7/c1-2-19-18-7-6-17(13-23(18)28-27-19)21-9-10-22-24(26-21)31(30-29-22)14-15-5-8-20-16(12-15)4-3-11-25-20/h3-13H,2,14H2,1H3,(H,27,28). The van der Waals surface area contributed by atoms with Crippen molar-refractivity contribution in [2.45, 2.75) is 19.9 Å². The first-order chi connectivity index (χ1) is 15.3. The van der Waals surface area contributed by atoms with Crippen molar-refractivity contribution in [3.63, 3.8) is 0 Å². The maximum Gasteiger partial charge on any atom is 0.179 e. The molecule has 150 valence electrons. The van der Waals surface area contributed by atoms with Crippen molar-refractivity contribution in [1.82, 2.24) is 35.2 Å². The third-order valence-electron chi connectivity index (χ3n) is 5.63. The van der Waals surface area contributed by atoms with Crippen LogP contribution in [-0.4, -0.2) is 35.2 Å². The molecule has 4 heterocycles. The molecule has 0 bridgehead atoms. The molecule has 0 aliphatic heterocycles. The van der Waals surface area contributed by atoms with Crippen LogP contribution in [0.1, 0.15) is 18.2 Å². The number of fused-ring (bicyclic) bond motifs is 3. The normalized spacial score (nSPS) is 11.6. The Kier molecular flexibility index (Phi) is 3.99. The second kappa shape index (κ2) is 6.98. The molecular formula is C24H19N7. The molecule has 2 aromatic carbocycles. The first-order valence-electron chi connectivity index (χ1n) is 10.3. The summed E-state index contributed by atoms with van der Waals surface area (Å²) in [6, 6.07) is 20.5. The Labute approximate surface area is 177 Å². The molecule has 31 heavy (non-hydrogen) atoms. The summed E-state index contributed by atoms with van der Waals surface area (Å²) in [4.78, 5) is 9.28. The highest BCUT2D eigenvalue weighted by Crippen LogP contribution is 2.25. The highest BCUT2D eigenvalue weighted by Gasteiger charge is 2.11. The van der Waals surface area contributed by atoms with E-state index in [-0.39, 0.29) is 0 Å². The van der Waals surface area contributed by atoms with Crippen LogP contribution < -0.4 is 0 Å². The highest BCUT2D eigenvalue weighted by molar-refractivity contribution is 5.86. The first kappa shape index (κ1) is 17.7. The van der Waals surface area contributed by atoms with Gasteiger partial charge in [-0.05, 0) is 48.4 Å². The van der Waals surface area contributed by atoms with Gasteiger partial charge in [0.25, 0.3) is 0 Å². The van der Waals surface area contributed by atoms with E-state index in [1.54, 1.807) is 0 Å². The Hall–Kier alpha value is -4.13. The van der Waals surface area contributed by atoms with Crippen LogP contribution in [0.2, 0.25) is 0 Å². The maximum absolute atomic E-state index is 4.89. The first-order valence-corrected chi connectivity index (χ1v) is 10.3. The molecule has 0 amide bonds. The quantitative estimate of drug-likeness (QED) is 0.466. The Morgan fingerprint density at radius 2 is 1.90 bits per heavy atom. The molecule has 7 heteroatoms. The molecule has 4 aromatic heterocycles. The minimum absolute atomic E-state index is 0.594. The van der Waals surface area contributed by atoms with Crippen molar-refractivity contribution >= 4 is 33.0 Å². The van der Waals surface area contributed by atoms with Crippen LogP contribution in [0.5, 0.6) is 0 Å². The van der Waals surface area contributed by atoms with E-state index >= 15 is 0 Å². The van der Waals surface area contributed by atoms with Crippen LogP contribution >= 0.6 is 0 Å². The van der Waals surface area contributed by atoms with Crippen LogP contribution in [0.4, 0.5) is 0 Å². The van der Waals surface area contributed by atoms with Crippen molar-refractivity contribution < 1.29 is 0 Å². The van der Waals surface area contributed by atoms with Gasteiger partial charge in [0.2, 0.25) is 0 Å². The number of hydrogen-bond donors (Lipinski definition) is 1. The predicted molar refractivity (Wildman–Crippen MR) is 121 cm³/mol. The lowest BCUT2D eigenvalue weighted by Gasteiger charge is -2.06. The van der Waals surface area contributed by atoms with E-state index in [9.17, 15) is 0 Å². The molecule has 0 fully saturated rings. The van der Waals surface area contributed by atoms with E-state index < -0.39 is 0 Å². The number of benzene rings is 2. The smallest absolute Gasteiger partial charge is 0.179 e.